The minimum atomic E-state index is -0.717. The molecule has 1 aromatic heterocycles. The Kier molecular flexibility index (Phi) is 5.10. The van der Waals surface area contributed by atoms with Gasteiger partial charge in [-0.25, -0.2) is 0 Å². The topological polar surface area (TPSA) is 57.6 Å². The number of thiophene rings is 1. The van der Waals surface area contributed by atoms with E-state index in [1.807, 2.05) is 23.6 Å². The number of aliphatic hydroxyl groups is 1. The van der Waals surface area contributed by atoms with E-state index in [4.69, 9.17) is 11.6 Å². The van der Waals surface area contributed by atoms with Crippen LogP contribution in [0.2, 0.25) is 5.02 Å². The first-order valence-corrected chi connectivity index (χ1v) is 10.4. The summed E-state index contributed by atoms with van der Waals surface area (Å²) in [6.07, 6.45) is 0. The van der Waals surface area contributed by atoms with E-state index < -0.39 is 17.7 Å². The molecular weight excluding hydrogens is 462 g/mol. The van der Waals surface area contributed by atoms with Crippen molar-refractivity contribution in [2.45, 2.75) is 6.04 Å². The van der Waals surface area contributed by atoms with Gasteiger partial charge in [-0.1, -0.05) is 39.7 Å². The van der Waals surface area contributed by atoms with E-state index in [-0.39, 0.29) is 11.3 Å². The fourth-order valence-corrected chi connectivity index (χ4v) is 4.54. The second-order valence-electron chi connectivity index (χ2n) is 6.17. The number of aliphatic hydroxyl groups excluding tert-OH is 1. The van der Waals surface area contributed by atoms with Gasteiger partial charge in [0, 0.05) is 25.6 Å². The maximum atomic E-state index is 12.9. The third kappa shape index (κ3) is 3.28. The van der Waals surface area contributed by atoms with Gasteiger partial charge in [-0.15, -0.1) is 11.3 Å². The predicted octanol–water partition coefficient (Wildman–Crippen LogP) is 5.79. The fourth-order valence-electron chi connectivity index (χ4n) is 3.20. The lowest BCUT2D eigenvalue weighted by atomic mass is 10.00. The molecule has 3 aromatic rings. The number of hydrogen-bond acceptors (Lipinski definition) is 4. The number of carbonyl (C=O) groups is 2. The van der Waals surface area contributed by atoms with Crippen LogP contribution < -0.4 is 4.90 Å². The van der Waals surface area contributed by atoms with Crippen molar-refractivity contribution in [1.82, 2.24) is 0 Å². The number of amides is 1. The van der Waals surface area contributed by atoms with Crippen LogP contribution in [0.5, 0.6) is 0 Å². The number of Topliss-reactive ketones (excluding diaryl/α,β-unsaturated/α-hetero) is 1. The molecular formula is C21H13BrClNO3S. The number of rotatable bonds is 3. The van der Waals surface area contributed by atoms with Crippen molar-refractivity contribution in [2.75, 3.05) is 4.90 Å². The van der Waals surface area contributed by atoms with Gasteiger partial charge in [-0.2, -0.15) is 0 Å². The molecule has 7 heteroatoms. The summed E-state index contributed by atoms with van der Waals surface area (Å²) in [5, 5.41) is 13.3. The highest BCUT2D eigenvalue weighted by Gasteiger charge is 2.47. The van der Waals surface area contributed by atoms with E-state index in [9.17, 15) is 14.7 Å². The van der Waals surface area contributed by atoms with Crippen molar-refractivity contribution in [3.8, 4) is 0 Å². The first-order valence-electron chi connectivity index (χ1n) is 8.33. The van der Waals surface area contributed by atoms with Crippen LogP contribution in [-0.4, -0.2) is 16.8 Å². The van der Waals surface area contributed by atoms with E-state index in [2.05, 4.69) is 15.9 Å². The van der Waals surface area contributed by atoms with Crippen molar-refractivity contribution in [1.29, 1.82) is 0 Å². The lowest BCUT2D eigenvalue weighted by Gasteiger charge is -2.24. The number of anilines is 1. The monoisotopic (exact) mass is 473 g/mol. The minimum absolute atomic E-state index is 0.0646. The summed E-state index contributed by atoms with van der Waals surface area (Å²) >= 11 is 10.8. The van der Waals surface area contributed by atoms with Crippen molar-refractivity contribution in [3.63, 3.8) is 0 Å². The van der Waals surface area contributed by atoms with Crippen LogP contribution in [0.3, 0.4) is 0 Å². The smallest absolute Gasteiger partial charge is 0.300 e. The molecule has 140 valence electrons. The van der Waals surface area contributed by atoms with Crippen LogP contribution >= 0.6 is 38.9 Å². The largest absolute Gasteiger partial charge is 0.507 e. The molecule has 2 heterocycles. The third-order valence-corrected chi connectivity index (χ3v) is 6.13. The highest BCUT2D eigenvalue weighted by Crippen LogP contribution is 2.43. The number of hydrogen-bond donors (Lipinski definition) is 1. The SMILES string of the molecule is O=C1C(=O)N(c2cccc(Br)c2)C(c2cccs2)/C1=C(/O)c1ccc(Cl)cc1. The second-order valence-corrected chi connectivity index (χ2v) is 8.50. The normalized spacial score (nSPS) is 18.6. The Morgan fingerprint density at radius 3 is 2.46 bits per heavy atom. The van der Waals surface area contributed by atoms with Crippen LogP contribution in [0.15, 0.2) is 76.1 Å². The standard InChI is InChI=1S/C21H13BrClNO3S/c22-13-3-1-4-15(11-13)24-18(16-5-2-10-28-16)17(20(26)21(24)27)19(25)12-6-8-14(23)9-7-12/h1-11,18,25H/b19-17-. The molecule has 4 rings (SSSR count). The Bertz CT molecular complexity index is 1090. The summed E-state index contributed by atoms with van der Waals surface area (Å²) in [7, 11) is 0. The molecule has 1 saturated heterocycles. The molecule has 0 radical (unpaired) electrons. The quantitative estimate of drug-likeness (QED) is 0.297. The average molecular weight is 475 g/mol. The summed E-state index contributed by atoms with van der Waals surface area (Å²) in [6, 6.07) is 16.7. The minimum Gasteiger partial charge on any atom is -0.507 e. The highest BCUT2D eigenvalue weighted by atomic mass is 79.9. The number of carbonyl (C=O) groups excluding carboxylic acids is 2. The number of nitrogens with zero attached hydrogens (tertiary/aromatic N) is 1. The fraction of sp³-hybridized carbons (Fsp3) is 0.0476. The summed E-state index contributed by atoms with van der Waals surface area (Å²) in [6.45, 7) is 0. The first-order chi connectivity index (χ1) is 13.5. The van der Waals surface area contributed by atoms with E-state index >= 15 is 0 Å². The van der Waals surface area contributed by atoms with Gasteiger partial charge in [0.25, 0.3) is 11.7 Å². The zero-order valence-electron chi connectivity index (χ0n) is 14.3. The summed E-state index contributed by atoms with van der Waals surface area (Å²) in [5.41, 5.74) is 1.07. The predicted molar refractivity (Wildman–Crippen MR) is 115 cm³/mol. The van der Waals surface area contributed by atoms with Gasteiger partial charge >= 0.3 is 0 Å². The summed E-state index contributed by atoms with van der Waals surface area (Å²) in [5.74, 6) is -1.61. The van der Waals surface area contributed by atoms with E-state index in [1.54, 1.807) is 42.5 Å². The van der Waals surface area contributed by atoms with Crippen molar-refractivity contribution in [2.24, 2.45) is 0 Å². The molecule has 1 fully saturated rings. The molecule has 1 aliphatic heterocycles. The maximum absolute atomic E-state index is 12.9. The second kappa shape index (κ2) is 7.54. The van der Waals surface area contributed by atoms with E-state index in [0.29, 0.717) is 16.3 Å². The van der Waals surface area contributed by atoms with Crippen LogP contribution in [0.25, 0.3) is 5.76 Å². The van der Waals surface area contributed by atoms with Crippen molar-refractivity contribution < 1.29 is 14.7 Å². The molecule has 1 unspecified atom stereocenters. The zero-order valence-corrected chi connectivity index (χ0v) is 17.5. The van der Waals surface area contributed by atoms with Gasteiger partial charge in [0.1, 0.15) is 11.8 Å². The molecule has 1 aliphatic rings. The Morgan fingerprint density at radius 1 is 1.07 bits per heavy atom. The zero-order chi connectivity index (χ0) is 19.8. The van der Waals surface area contributed by atoms with Gasteiger partial charge in [-0.05, 0) is 53.9 Å². The number of halogens is 2. The molecule has 1 atom stereocenters. The van der Waals surface area contributed by atoms with Crippen LogP contribution in [-0.2, 0) is 9.59 Å². The van der Waals surface area contributed by atoms with Gasteiger partial charge in [0.05, 0.1) is 5.57 Å². The Hall–Kier alpha value is -2.41. The molecule has 2 aromatic carbocycles. The lowest BCUT2D eigenvalue weighted by molar-refractivity contribution is -0.132. The lowest BCUT2D eigenvalue weighted by Crippen LogP contribution is -2.29. The molecule has 4 nitrogen and oxygen atoms in total. The molecule has 0 saturated carbocycles. The highest BCUT2D eigenvalue weighted by molar-refractivity contribution is 9.10. The van der Waals surface area contributed by atoms with Gasteiger partial charge in [-0.3, -0.25) is 14.5 Å². The van der Waals surface area contributed by atoms with Crippen molar-refractivity contribution in [3.05, 3.63) is 91.6 Å². The van der Waals surface area contributed by atoms with Crippen LogP contribution in [0.4, 0.5) is 5.69 Å². The summed E-state index contributed by atoms with van der Waals surface area (Å²) < 4.78 is 0.787. The molecule has 0 aliphatic carbocycles. The summed E-state index contributed by atoms with van der Waals surface area (Å²) in [4.78, 5) is 28.1. The average Bonchev–Trinajstić information content (AvgIpc) is 3.29. The van der Waals surface area contributed by atoms with Gasteiger partial charge in [0.2, 0.25) is 0 Å². The number of benzene rings is 2. The molecule has 0 spiro atoms. The van der Waals surface area contributed by atoms with Crippen LogP contribution in [0, 0.1) is 0 Å². The van der Waals surface area contributed by atoms with Gasteiger partial charge in [0.15, 0.2) is 0 Å². The third-order valence-electron chi connectivity index (χ3n) is 4.46. The maximum Gasteiger partial charge on any atom is 0.300 e. The Balaban J connectivity index is 1.93. The Labute approximate surface area is 178 Å². The molecule has 0 bridgehead atoms. The van der Waals surface area contributed by atoms with E-state index in [1.165, 1.54) is 16.2 Å². The van der Waals surface area contributed by atoms with E-state index in [0.717, 1.165) is 9.35 Å². The number of ketones is 1. The van der Waals surface area contributed by atoms with Gasteiger partial charge < -0.3 is 5.11 Å². The Morgan fingerprint density at radius 2 is 1.82 bits per heavy atom. The van der Waals surface area contributed by atoms with Crippen molar-refractivity contribution >= 4 is 62.0 Å². The first kappa shape index (κ1) is 18.9. The molecule has 1 N–H and O–H groups in total. The van der Waals surface area contributed by atoms with Crippen LogP contribution in [0.1, 0.15) is 16.5 Å². The molecule has 28 heavy (non-hydrogen) atoms. The molecule has 1 amide bonds.